The number of hydrogen-bond acceptors (Lipinski definition) is 4. The molecule has 0 saturated carbocycles. The second-order valence-corrected chi connectivity index (χ2v) is 5.95. The first-order valence-corrected chi connectivity index (χ1v) is 7.65. The van der Waals surface area contributed by atoms with E-state index in [0.29, 0.717) is 13.2 Å². The van der Waals surface area contributed by atoms with Gasteiger partial charge in [0.15, 0.2) is 0 Å². The van der Waals surface area contributed by atoms with Gasteiger partial charge in [0, 0.05) is 24.8 Å². The van der Waals surface area contributed by atoms with Crippen LogP contribution in [0.2, 0.25) is 5.02 Å². The van der Waals surface area contributed by atoms with Crippen LogP contribution in [0.5, 0.6) is 0 Å². The molecule has 1 aliphatic rings. The van der Waals surface area contributed by atoms with Crippen LogP contribution in [0.4, 0.5) is 4.39 Å². The summed E-state index contributed by atoms with van der Waals surface area (Å²) >= 11 is 5.74. The van der Waals surface area contributed by atoms with Crippen LogP contribution in [-0.2, 0) is 11.3 Å². The van der Waals surface area contributed by atoms with Gasteiger partial charge in [-0.1, -0.05) is 22.8 Å². The Labute approximate surface area is 133 Å². The van der Waals surface area contributed by atoms with Crippen LogP contribution < -0.4 is 5.32 Å². The third-order valence-corrected chi connectivity index (χ3v) is 4.39. The zero-order valence-corrected chi connectivity index (χ0v) is 13.3. The van der Waals surface area contributed by atoms with Crippen molar-refractivity contribution in [3.8, 4) is 0 Å². The number of nitrogens with zero attached hydrogens (tertiary/aromatic N) is 1. The number of benzene rings is 1. The summed E-state index contributed by atoms with van der Waals surface area (Å²) in [7, 11) is 0. The Morgan fingerprint density at radius 2 is 2.23 bits per heavy atom. The van der Waals surface area contributed by atoms with E-state index in [0.717, 1.165) is 29.0 Å². The zero-order chi connectivity index (χ0) is 15.7. The Morgan fingerprint density at radius 3 is 2.91 bits per heavy atom. The lowest BCUT2D eigenvalue weighted by Gasteiger charge is -2.20. The average molecular weight is 325 g/mol. The van der Waals surface area contributed by atoms with Gasteiger partial charge < -0.3 is 14.6 Å². The number of nitrogens with one attached hydrogen (secondary N) is 1. The minimum absolute atomic E-state index is 0.120. The Kier molecular flexibility index (Phi) is 4.47. The monoisotopic (exact) mass is 324 g/mol. The molecule has 1 saturated heterocycles. The third kappa shape index (κ3) is 3.02. The van der Waals surface area contributed by atoms with E-state index in [4.69, 9.17) is 20.9 Å². The van der Waals surface area contributed by atoms with Gasteiger partial charge in [0.1, 0.15) is 11.6 Å². The molecule has 0 bridgehead atoms. The summed E-state index contributed by atoms with van der Waals surface area (Å²) < 4.78 is 24.6. The van der Waals surface area contributed by atoms with Gasteiger partial charge in [-0.2, -0.15) is 0 Å². The van der Waals surface area contributed by atoms with Crippen molar-refractivity contribution < 1.29 is 13.7 Å². The van der Waals surface area contributed by atoms with Gasteiger partial charge in [0.05, 0.1) is 16.8 Å². The number of aromatic nitrogens is 1. The van der Waals surface area contributed by atoms with Gasteiger partial charge in [-0.3, -0.25) is 0 Å². The third-order valence-electron chi connectivity index (χ3n) is 4.09. The second kappa shape index (κ2) is 6.36. The van der Waals surface area contributed by atoms with Gasteiger partial charge in [-0.15, -0.1) is 0 Å². The highest BCUT2D eigenvalue weighted by atomic mass is 35.5. The summed E-state index contributed by atoms with van der Waals surface area (Å²) in [5, 5.41) is 7.54. The van der Waals surface area contributed by atoms with Crippen molar-refractivity contribution in [3.05, 3.63) is 51.6 Å². The SMILES string of the molecule is Cc1noc(C)c1CN[C@@H]1CCO[C@H]1c1ccc(Cl)c(F)c1. The van der Waals surface area contributed by atoms with Crippen molar-refractivity contribution in [2.75, 3.05) is 6.61 Å². The normalized spacial score (nSPS) is 21.5. The van der Waals surface area contributed by atoms with Crippen LogP contribution in [0.3, 0.4) is 0 Å². The van der Waals surface area contributed by atoms with E-state index < -0.39 is 5.82 Å². The van der Waals surface area contributed by atoms with Crippen molar-refractivity contribution in [3.63, 3.8) is 0 Å². The molecule has 3 rings (SSSR count). The van der Waals surface area contributed by atoms with Crippen molar-refractivity contribution in [2.24, 2.45) is 0 Å². The standard InChI is InChI=1S/C16H18ClFN2O2/c1-9-12(10(2)22-20-9)8-19-15-5-6-21-16(15)11-3-4-13(17)14(18)7-11/h3-4,7,15-16,19H,5-6,8H2,1-2H3/t15-,16+/m1/s1. The fraction of sp³-hybridized carbons (Fsp3) is 0.438. The number of halogens is 2. The first kappa shape index (κ1) is 15.5. The van der Waals surface area contributed by atoms with Crippen LogP contribution in [0.1, 0.15) is 35.1 Å². The Bertz CT molecular complexity index is 655. The lowest BCUT2D eigenvalue weighted by Crippen LogP contribution is -2.31. The number of hydrogen-bond donors (Lipinski definition) is 1. The molecule has 2 heterocycles. The molecule has 2 aromatic rings. The topological polar surface area (TPSA) is 47.3 Å². The summed E-state index contributed by atoms with van der Waals surface area (Å²) in [6.45, 7) is 5.12. The first-order valence-electron chi connectivity index (χ1n) is 7.28. The van der Waals surface area contributed by atoms with Crippen LogP contribution in [0, 0.1) is 19.7 Å². The number of ether oxygens (including phenoxy) is 1. The molecular formula is C16H18ClFN2O2. The fourth-order valence-electron chi connectivity index (χ4n) is 2.80. The van der Waals surface area contributed by atoms with Gasteiger partial charge in [0.25, 0.3) is 0 Å². The minimum atomic E-state index is -0.417. The first-order chi connectivity index (χ1) is 10.6. The highest BCUT2D eigenvalue weighted by Gasteiger charge is 2.30. The summed E-state index contributed by atoms with van der Waals surface area (Å²) in [5.41, 5.74) is 2.75. The summed E-state index contributed by atoms with van der Waals surface area (Å²) in [4.78, 5) is 0. The molecule has 0 spiro atoms. The number of rotatable bonds is 4. The van der Waals surface area contributed by atoms with Crippen molar-refractivity contribution >= 4 is 11.6 Å². The molecule has 0 amide bonds. The van der Waals surface area contributed by atoms with Crippen molar-refractivity contribution in [1.29, 1.82) is 0 Å². The van der Waals surface area contributed by atoms with E-state index in [1.54, 1.807) is 6.07 Å². The quantitative estimate of drug-likeness (QED) is 0.931. The summed E-state index contributed by atoms with van der Waals surface area (Å²) in [6.07, 6.45) is 0.699. The van der Waals surface area contributed by atoms with Crippen molar-refractivity contribution in [2.45, 2.75) is 39.0 Å². The van der Waals surface area contributed by atoms with E-state index in [2.05, 4.69) is 10.5 Å². The molecule has 6 heteroatoms. The maximum absolute atomic E-state index is 13.6. The largest absolute Gasteiger partial charge is 0.372 e. The van der Waals surface area contributed by atoms with Gasteiger partial charge in [0.2, 0.25) is 0 Å². The van der Waals surface area contributed by atoms with Gasteiger partial charge in [-0.25, -0.2) is 4.39 Å². The fourth-order valence-corrected chi connectivity index (χ4v) is 2.92. The molecule has 4 nitrogen and oxygen atoms in total. The lowest BCUT2D eigenvalue weighted by atomic mass is 10.0. The van der Waals surface area contributed by atoms with E-state index >= 15 is 0 Å². The Hall–Kier alpha value is -1.43. The Morgan fingerprint density at radius 1 is 1.41 bits per heavy atom. The van der Waals surface area contributed by atoms with E-state index in [9.17, 15) is 4.39 Å². The van der Waals surface area contributed by atoms with Crippen LogP contribution in [0.15, 0.2) is 22.7 Å². The van der Waals surface area contributed by atoms with E-state index in [1.165, 1.54) is 6.07 Å². The molecule has 0 unspecified atom stereocenters. The maximum Gasteiger partial charge on any atom is 0.142 e. The summed E-state index contributed by atoms with van der Waals surface area (Å²) in [5.74, 6) is 0.400. The molecule has 1 fully saturated rings. The van der Waals surface area contributed by atoms with Gasteiger partial charge >= 0.3 is 0 Å². The average Bonchev–Trinajstić information content (AvgIpc) is 3.08. The molecule has 1 aliphatic heterocycles. The van der Waals surface area contributed by atoms with Crippen molar-refractivity contribution in [1.82, 2.24) is 10.5 Å². The van der Waals surface area contributed by atoms with Gasteiger partial charge in [-0.05, 0) is 38.0 Å². The predicted octanol–water partition coefficient (Wildman–Crippen LogP) is 3.70. The van der Waals surface area contributed by atoms with E-state index in [-0.39, 0.29) is 17.2 Å². The second-order valence-electron chi connectivity index (χ2n) is 5.54. The highest BCUT2D eigenvalue weighted by Crippen LogP contribution is 2.31. The smallest absolute Gasteiger partial charge is 0.142 e. The van der Waals surface area contributed by atoms with E-state index in [1.807, 2.05) is 19.9 Å². The van der Waals surface area contributed by atoms with Crippen LogP contribution in [-0.4, -0.2) is 17.8 Å². The predicted molar refractivity (Wildman–Crippen MR) is 81.3 cm³/mol. The van der Waals surface area contributed by atoms with Crippen LogP contribution in [0.25, 0.3) is 0 Å². The molecule has 22 heavy (non-hydrogen) atoms. The molecule has 0 radical (unpaired) electrons. The molecule has 1 aromatic heterocycles. The molecule has 1 aromatic carbocycles. The molecule has 2 atom stereocenters. The molecular weight excluding hydrogens is 307 g/mol. The minimum Gasteiger partial charge on any atom is -0.372 e. The zero-order valence-electron chi connectivity index (χ0n) is 12.5. The molecule has 118 valence electrons. The molecule has 0 aliphatic carbocycles. The Balaban J connectivity index is 1.72. The highest BCUT2D eigenvalue weighted by molar-refractivity contribution is 6.30. The molecule has 1 N–H and O–H groups in total. The summed E-state index contributed by atoms with van der Waals surface area (Å²) in [6, 6.07) is 4.95. The maximum atomic E-state index is 13.6. The number of aryl methyl sites for hydroxylation is 2. The lowest BCUT2D eigenvalue weighted by molar-refractivity contribution is 0.0982. The van der Waals surface area contributed by atoms with Crippen LogP contribution >= 0.6 is 11.6 Å².